The molecule has 0 unspecified atom stereocenters. The molecule has 0 fully saturated rings. The van der Waals surface area contributed by atoms with Crippen molar-refractivity contribution in [1.82, 2.24) is 4.98 Å². The van der Waals surface area contributed by atoms with E-state index in [1.165, 1.54) is 18.2 Å². The summed E-state index contributed by atoms with van der Waals surface area (Å²) in [5, 5.41) is 11.8. The van der Waals surface area contributed by atoms with E-state index in [0.717, 1.165) is 6.07 Å². The average Bonchev–Trinajstić information content (AvgIpc) is 2.63. The van der Waals surface area contributed by atoms with Gasteiger partial charge >= 0.3 is 5.97 Å². The third kappa shape index (κ3) is 3.90. The highest BCUT2D eigenvalue weighted by molar-refractivity contribution is 5.95. The normalized spacial score (nSPS) is 10.7. The molecule has 0 spiro atoms. The number of carboxylic acids is 1. The van der Waals surface area contributed by atoms with E-state index in [1.807, 2.05) is 0 Å². The maximum atomic E-state index is 14.7. The summed E-state index contributed by atoms with van der Waals surface area (Å²) in [7, 11) is 0. The molecule has 144 valence electrons. The van der Waals surface area contributed by atoms with Crippen molar-refractivity contribution >= 4 is 23.2 Å². The van der Waals surface area contributed by atoms with Gasteiger partial charge in [0.1, 0.15) is 11.6 Å². The van der Waals surface area contributed by atoms with Gasteiger partial charge in [-0.15, -0.1) is 0 Å². The second-order valence-corrected chi connectivity index (χ2v) is 6.23. The van der Waals surface area contributed by atoms with Crippen LogP contribution in [-0.4, -0.2) is 16.1 Å². The molecule has 0 amide bonds. The lowest BCUT2D eigenvalue weighted by Gasteiger charge is -2.15. The maximum absolute atomic E-state index is 14.7. The van der Waals surface area contributed by atoms with Gasteiger partial charge in [0.05, 0.1) is 16.9 Å². The first-order chi connectivity index (χ1) is 13.3. The van der Waals surface area contributed by atoms with Crippen molar-refractivity contribution in [1.29, 1.82) is 0 Å². The van der Waals surface area contributed by atoms with Crippen molar-refractivity contribution in [2.45, 2.75) is 13.3 Å². The lowest BCUT2D eigenvalue weighted by atomic mass is 10.0. The fourth-order valence-electron chi connectivity index (χ4n) is 2.75. The summed E-state index contributed by atoms with van der Waals surface area (Å²) in [6.07, 6.45) is -0.159. The van der Waals surface area contributed by atoms with Crippen molar-refractivity contribution in [2.75, 3.05) is 11.1 Å². The van der Waals surface area contributed by atoms with Gasteiger partial charge in [0.15, 0.2) is 11.6 Å². The van der Waals surface area contributed by atoms with Crippen LogP contribution in [0.15, 0.2) is 42.5 Å². The quantitative estimate of drug-likeness (QED) is 0.603. The summed E-state index contributed by atoms with van der Waals surface area (Å²) in [4.78, 5) is 15.6. The fraction of sp³-hybridized carbons (Fsp3) is 0.100. The van der Waals surface area contributed by atoms with E-state index >= 15 is 0 Å². The standard InChI is InChI=1S/C20H16F3N3O2/c1-10-5-6-15(14(21)7-10)26-19-13(20(27)28)9-11(17(22)18(19)23)8-12-3-2-4-16(24)25-12/h2-7,9,26H,8H2,1H3,(H2,24,25)(H,27,28). The summed E-state index contributed by atoms with van der Waals surface area (Å²) in [5.74, 6) is -4.67. The summed E-state index contributed by atoms with van der Waals surface area (Å²) in [6.45, 7) is 1.66. The van der Waals surface area contributed by atoms with Gasteiger partial charge in [-0.25, -0.2) is 22.9 Å². The molecule has 5 nitrogen and oxygen atoms in total. The number of benzene rings is 2. The molecule has 0 bridgehead atoms. The smallest absolute Gasteiger partial charge is 0.337 e. The largest absolute Gasteiger partial charge is 0.478 e. The lowest BCUT2D eigenvalue weighted by molar-refractivity contribution is 0.0697. The van der Waals surface area contributed by atoms with Gasteiger partial charge in [0, 0.05) is 12.1 Å². The van der Waals surface area contributed by atoms with Gasteiger partial charge in [-0.1, -0.05) is 12.1 Å². The van der Waals surface area contributed by atoms with E-state index < -0.39 is 34.7 Å². The number of halogens is 3. The zero-order valence-electron chi connectivity index (χ0n) is 14.8. The SMILES string of the molecule is Cc1ccc(Nc2c(C(=O)O)cc(Cc3cccc(N)n3)c(F)c2F)c(F)c1. The van der Waals surface area contributed by atoms with Crippen LogP contribution in [0.3, 0.4) is 0 Å². The summed E-state index contributed by atoms with van der Waals surface area (Å²) in [6, 6.07) is 9.75. The number of rotatable bonds is 5. The van der Waals surface area contributed by atoms with Gasteiger partial charge in [-0.05, 0) is 48.4 Å². The zero-order valence-corrected chi connectivity index (χ0v) is 14.8. The Balaban J connectivity index is 2.06. The molecule has 4 N–H and O–H groups in total. The molecular weight excluding hydrogens is 371 g/mol. The Morgan fingerprint density at radius 3 is 2.54 bits per heavy atom. The first-order valence-electron chi connectivity index (χ1n) is 8.25. The van der Waals surface area contributed by atoms with Crippen LogP contribution < -0.4 is 11.1 Å². The number of hydrogen-bond acceptors (Lipinski definition) is 4. The van der Waals surface area contributed by atoms with Crippen LogP contribution in [0.5, 0.6) is 0 Å². The van der Waals surface area contributed by atoms with Crippen molar-refractivity contribution in [3.63, 3.8) is 0 Å². The molecule has 0 saturated heterocycles. The zero-order chi connectivity index (χ0) is 20.4. The van der Waals surface area contributed by atoms with Crippen molar-refractivity contribution in [3.8, 4) is 0 Å². The topological polar surface area (TPSA) is 88.2 Å². The summed E-state index contributed by atoms with van der Waals surface area (Å²) >= 11 is 0. The number of nitrogens with two attached hydrogens (primary N) is 1. The summed E-state index contributed by atoms with van der Waals surface area (Å²) < 4.78 is 43.4. The molecule has 1 heterocycles. The monoisotopic (exact) mass is 387 g/mol. The molecule has 3 aromatic rings. The highest BCUT2D eigenvalue weighted by Gasteiger charge is 2.23. The molecular formula is C20H16F3N3O2. The van der Waals surface area contributed by atoms with Crippen LogP contribution in [0.1, 0.15) is 27.2 Å². The number of aromatic carboxylic acids is 1. The number of aryl methyl sites for hydroxylation is 1. The van der Waals surface area contributed by atoms with Gasteiger partial charge in [-0.3, -0.25) is 0 Å². The second kappa shape index (κ2) is 7.59. The van der Waals surface area contributed by atoms with E-state index in [1.54, 1.807) is 25.1 Å². The highest BCUT2D eigenvalue weighted by atomic mass is 19.2. The van der Waals surface area contributed by atoms with Crippen molar-refractivity contribution < 1.29 is 23.1 Å². The second-order valence-electron chi connectivity index (χ2n) is 6.23. The first-order valence-corrected chi connectivity index (χ1v) is 8.25. The predicted molar refractivity (Wildman–Crippen MR) is 99.2 cm³/mol. The molecule has 8 heteroatoms. The Morgan fingerprint density at radius 2 is 1.89 bits per heavy atom. The molecule has 2 aromatic carbocycles. The number of nitrogen functional groups attached to an aromatic ring is 1. The van der Waals surface area contributed by atoms with Crippen LogP contribution >= 0.6 is 0 Å². The number of carbonyl (C=O) groups is 1. The molecule has 0 aliphatic heterocycles. The fourth-order valence-corrected chi connectivity index (χ4v) is 2.75. The predicted octanol–water partition coefficient (Wildman–Crippen LogP) is 4.42. The van der Waals surface area contributed by atoms with Crippen molar-refractivity contribution in [2.24, 2.45) is 0 Å². The molecule has 28 heavy (non-hydrogen) atoms. The number of hydrogen-bond donors (Lipinski definition) is 3. The van der Waals surface area contributed by atoms with E-state index in [4.69, 9.17) is 5.73 Å². The van der Waals surface area contributed by atoms with Gasteiger partial charge in [0.2, 0.25) is 0 Å². The van der Waals surface area contributed by atoms with Gasteiger partial charge in [0.25, 0.3) is 0 Å². The Kier molecular flexibility index (Phi) is 5.21. The van der Waals surface area contributed by atoms with Crippen LogP contribution in [0.2, 0.25) is 0 Å². The Labute approximate surface area is 158 Å². The van der Waals surface area contributed by atoms with Gasteiger partial charge < -0.3 is 16.2 Å². The number of nitrogens with zero attached hydrogens (tertiary/aromatic N) is 1. The lowest BCUT2D eigenvalue weighted by Crippen LogP contribution is -2.11. The average molecular weight is 387 g/mol. The molecule has 1 aromatic heterocycles. The minimum atomic E-state index is -1.49. The molecule has 0 aliphatic carbocycles. The third-order valence-corrected chi connectivity index (χ3v) is 4.10. The molecule has 0 aliphatic rings. The maximum Gasteiger partial charge on any atom is 0.337 e. The highest BCUT2D eigenvalue weighted by Crippen LogP contribution is 2.31. The Bertz CT molecular complexity index is 1070. The Morgan fingerprint density at radius 1 is 1.14 bits per heavy atom. The summed E-state index contributed by atoms with van der Waals surface area (Å²) in [5.41, 5.74) is 4.98. The third-order valence-electron chi connectivity index (χ3n) is 4.10. The number of anilines is 3. The molecule has 3 rings (SSSR count). The van der Waals surface area contributed by atoms with Crippen LogP contribution in [0, 0.1) is 24.4 Å². The van der Waals surface area contributed by atoms with E-state index in [0.29, 0.717) is 11.3 Å². The number of carboxylic acid groups (broad SMARTS) is 1. The molecule has 0 radical (unpaired) electrons. The van der Waals surface area contributed by atoms with Crippen LogP contribution in [0.25, 0.3) is 0 Å². The minimum absolute atomic E-state index is 0.159. The van der Waals surface area contributed by atoms with Gasteiger partial charge in [-0.2, -0.15) is 0 Å². The van der Waals surface area contributed by atoms with E-state index in [9.17, 15) is 23.1 Å². The van der Waals surface area contributed by atoms with E-state index in [-0.39, 0.29) is 23.5 Å². The van der Waals surface area contributed by atoms with Crippen LogP contribution in [0.4, 0.5) is 30.4 Å². The first kappa shape index (κ1) is 19.2. The number of nitrogens with one attached hydrogen (secondary N) is 1. The number of aromatic nitrogens is 1. The molecule has 0 atom stereocenters. The van der Waals surface area contributed by atoms with Crippen molar-refractivity contribution in [3.05, 3.63) is 82.3 Å². The Hall–Kier alpha value is -3.55. The van der Waals surface area contributed by atoms with E-state index in [2.05, 4.69) is 10.3 Å². The number of pyridine rings is 1. The van der Waals surface area contributed by atoms with Crippen LogP contribution in [-0.2, 0) is 6.42 Å². The minimum Gasteiger partial charge on any atom is -0.478 e. The molecule has 0 saturated carbocycles.